The van der Waals surface area contributed by atoms with Crippen LogP contribution in [0.1, 0.15) is 25.7 Å². The highest BCUT2D eigenvalue weighted by Crippen LogP contribution is 2.07. The largest absolute Gasteiger partial charge is 0.394 e. The van der Waals surface area contributed by atoms with Crippen molar-refractivity contribution in [3.05, 3.63) is 0 Å². The average molecular weight is 244 g/mol. The molecule has 0 bridgehead atoms. The summed E-state index contributed by atoms with van der Waals surface area (Å²) in [6.45, 7) is 4.14. The Bertz CT molecular complexity index is 206. The zero-order valence-corrected chi connectivity index (χ0v) is 10.5. The number of hydrogen-bond acceptors (Lipinski definition) is 4. The molecule has 0 unspecified atom stereocenters. The van der Waals surface area contributed by atoms with Crippen molar-refractivity contribution < 1.29 is 14.6 Å². The summed E-state index contributed by atoms with van der Waals surface area (Å²) in [7, 11) is 0. The molecule has 5 nitrogen and oxygen atoms in total. The second kappa shape index (κ2) is 9.39. The Balaban J connectivity index is 1.92. The lowest BCUT2D eigenvalue weighted by Gasteiger charge is -2.26. The summed E-state index contributed by atoms with van der Waals surface area (Å²) in [4.78, 5) is 13.7. The fourth-order valence-corrected chi connectivity index (χ4v) is 1.92. The van der Waals surface area contributed by atoms with Crippen molar-refractivity contribution in [3.63, 3.8) is 0 Å². The summed E-state index contributed by atoms with van der Waals surface area (Å²) in [6, 6.07) is 0. The van der Waals surface area contributed by atoms with Crippen molar-refractivity contribution in [2.45, 2.75) is 25.7 Å². The minimum Gasteiger partial charge on any atom is -0.394 e. The van der Waals surface area contributed by atoms with Crippen LogP contribution in [0.5, 0.6) is 0 Å². The highest BCUT2D eigenvalue weighted by atomic mass is 16.5. The molecule has 0 aliphatic carbocycles. The van der Waals surface area contributed by atoms with Gasteiger partial charge in [0.25, 0.3) is 0 Å². The number of aliphatic hydroxyl groups excluding tert-OH is 1. The van der Waals surface area contributed by atoms with E-state index >= 15 is 0 Å². The Kier molecular flexibility index (Phi) is 7.96. The van der Waals surface area contributed by atoms with Crippen LogP contribution < -0.4 is 5.32 Å². The van der Waals surface area contributed by atoms with Crippen molar-refractivity contribution in [1.29, 1.82) is 0 Å². The molecule has 5 heteroatoms. The van der Waals surface area contributed by atoms with Gasteiger partial charge in [0.15, 0.2) is 0 Å². The molecule has 1 heterocycles. The highest BCUT2D eigenvalue weighted by molar-refractivity contribution is 5.78. The van der Waals surface area contributed by atoms with Gasteiger partial charge >= 0.3 is 0 Å². The summed E-state index contributed by atoms with van der Waals surface area (Å²) in [6.07, 6.45) is 4.40. The second-order valence-electron chi connectivity index (χ2n) is 4.31. The van der Waals surface area contributed by atoms with Gasteiger partial charge in [-0.05, 0) is 32.2 Å². The van der Waals surface area contributed by atoms with E-state index in [0.29, 0.717) is 19.8 Å². The maximum Gasteiger partial charge on any atom is 0.236 e. The number of aliphatic hydroxyl groups is 1. The third-order valence-corrected chi connectivity index (χ3v) is 2.86. The van der Waals surface area contributed by atoms with Gasteiger partial charge in [-0.25, -0.2) is 0 Å². The summed E-state index contributed by atoms with van der Waals surface area (Å²) >= 11 is 0. The molecule has 0 spiro atoms. The van der Waals surface area contributed by atoms with E-state index in [9.17, 15) is 4.79 Å². The number of rotatable bonds is 8. The fourth-order valence-electron chi connectivity index (χ4n) is 1.92. The molecular weight excluding hydrogens is 220 g/mol. The molecule has 0 aromatic heterocycles. The maximum absolute atomic E-state index is 11.7. The number of nitrogens with zero attached hydrogens (tertiary/aromatic N) is 1. The Morgan fingerprint density at radius 3 is 2.71 bits per heavy atom. The smallest absolute Gasteiger partial charge is 0.236 e. The van der Waals surface area contributed by atoms with Gasteiger partial charge in [0, 0.05) is 19.7 Å². The van der Waals surface area contributed by atoms with Crippen molar-refractivity contribution in [1.82, 2.24) is 10.2 Å². The van der Waals surface area contributed by atoms with Crippen molar-refractivity contribution >= 4 is 5.91 Å². The zero-order chi connectivity index (χ0) is 12.3. The van der Waals surface area contributed by atoms with Gasteiger partial charge in [-0.15, -0.1) is 0 Å². The number of piperidine rings is 1. The monoisotopic (exact) mass is 244 g/mol. The van der Waals surface area contributed by atoms with Gasteiger partial charge in [0.05, 0.1) is 19.8 Å². The zero-order valence-electron chi connectivity index (χ0n) is 10.5. The minimum absolute atomic E-state index is 0.0703. The summed E-state index contributed by atoms with van der Waals surface area (Å²) in [5.74, 6) is 0.209. The fraction of sp³-hybridized carbons (Fsp3) is 0.917. The van der Waals surface area contributed by atoms with Gasteiger partial charge in [-0.1, -0.05) is 0 Å². The van der Waals surface area contributed by atoms with E-state index in [1.807, 2.05) is 4.90 Å². The van der Waals surface area contributed by atoms with E-state index in [1.165, 1.54) is 6.42 Å². The van der Waals surface area contributed by atoms with E-state index in [0.717, 1.165) is 38.9 Å². The molecule has 1 saturated heterocycles. The van der Waals surface area contributed by atoms with Gasteiger partial charge in [-0.3, -0.25) is 4.79 Å². The van der Waals surface area contributed by atoms with Crippen LogP contribution in [0.2, 0.25) is 0 Å². The minimum atomic E-state index is 0.0703. The Hall–Kier alpha value is -0.650. The van der Waals surface area contributed by atoms with Crippen LogP contribution in [0.15, 0.2) is 0 Å². The van der Waals surface area contributed by atoms with Crippen LogP contribution in [0.25, 0.3) is 0 Å². The maximum atomic E-state index is 11.7. The van der Waals surface area contributed by atoms with E-state index < -0.39 is 0 Å². The Morgan fingerprint density at radius 2 is 2.00 bits per heavy atom. The lowest BCUT2D eigenvalue weighted by molar-refractivity contribution is -0.131. The number of nitrogens with one attached hydrogen (secondary N) is 1. The Labute approximate surface area is 103 Å². The third kappa shape index (κ3) is 6.61. The van der Waals surface area contributed by atoms with Crippen LogP contribution in [-0.4, -0.2) is 61.9 Å². The second-order valence-corrected chi connectivity index (χ2v) is 4.31. The summed E-state index contributed by atoms with van der Waals surface area (Å²) in [5, 5.41) is 11.6. The van der Waals surface area contributed by atoms with E-state index in [1.54, 1.807) is 0 Å². The molecule has 17 heavy (non-hydrogen) atoms. The van der Waals surface area contributed by atoms with Crippen LogP contribution in [-0.2, 0) is 9.53 Å². The predicted molar refractivity (Wildman–Crippen MR) is 65.8 cm³/mol. The molecule has 0 radical (unpaired) electrons. The first-order chi connectivity index (χ1) is 8.34. The molecule has 1 aliphatic heterocycles. The summed E-state index contributed by atoms with van der Waals surface area (Å²) in [5.41, 5.74) is 0. The number of amides is 1. The molecular formula is C12H24N2O3. The van der Waals surface area contributed by atoms with Gasteiger partial charge in [0.1, 0.15) is 0 Å². The molecule has 100 valence electrons. The SMILES string of the molecule is O=C(CNCCCOCCO)N1CCCCC1. The highest BCUT2D eigenvalue weighted by Gasteiger charge is 2.15. The quantitative estimate of drug-likeness (QED) is 0.589. The first-order valence-corrected chi connectivity index (χ1v) is 6.51. The Morgan fingerprint density at radius 1 is 1.24 bits per heavy atom. The lowest BCUT2D eigenvalue weighted by atomic mass is 10.1. The van der Waals surface area contributed by atoms with E-state index in [4.69, 9.17) is 9.84 Å². The number of carbonyl (C=O) groups is 1. The van der Waals surface area contributed by atoms with Crippen molar-refractivity contribution in [3.8, 4) is 0 Å². The first kappa shape index (κ1) is 14.4. The number of carbonyl (C=O) groups excluding carboxylic acids is 1. The van der Waals surface area contributed by atoms with Crippen LogP contribution in [0.4, 0.5) is 0 Å². The van der Waals surface area contributed by atoms with Crippen LogP contribution in [0.3, 0.4) is 0 Å². The molecule has 1 aliphatic rings. The van der Waals surface area contributed by atoms with Gasteiger partial charge < -0.3 is 20.1 Å². The number of likely N-dealkylation sites (tertiary alicyclic amines) is 1. The molecule has 0 aromatic carbocycles. The number of hydrogen-bond donors (Lipinski definition) is 2. The molecule has 0 aromatic rings. The average Bonchev–Trinajstić information content (AvgIpc) is 2.38. The van der Waals surface area contributed by atoms with Crippen LogP contribution in [0, 0.1) is 0 Å². The summed E-state index contributed by atoms with van der Waals surface area (Å²) < 4.78 is 5.12. The normalized spacial score (nSPS) is 16.2. The molecule has 1 amide bonds. The van der Waals surface area contributed by atoms with Gasteiger partial charge in [0.2, 0.25) is 5.91 Å². The molecule has 1 rings (SSSR count). The third-order valence-electron chi connectivity index (χ3n) is 2.86. The molecule has 2 N–H and O–H groups in total. The molecule has 1 fully saturated rings. The van der Waals surface area contributed by atoms with Crippen molar-refractivity contribution in [2.75, 3.05) is 46.0 Å². The molecule has 0 atom stereocenters. The van der Waals surface area contributed by atoms with Crippen molar-refractivity contribution in [2.24, 2.45) is 0 Å². The standard InChI is InChI=1S/C12H24N2O3/c15-8-10-17-9-4-5-13-11-12(16)14-6-2-1-3-7-14/h13,15H,1-11H2. The van der Waals surface area contributed by atoms with Gasteiger partial charge in [-0.2, -0.15) is 0 Å². The predicted octanol–water partition coefficient (Wildman–Crippen LogP) is -0.0125. The number of ether oxygens (including phenoxy) is 1. The molecule has 0 saturated carbocycles. The lowest BCUT2D eigenvalue weighted by Crippen LogP contribution is -2.41. The van der Waals surface area contributed by atoms with Crippen LogP contribution >= 0.6 is 0 Å². The van der Waals surface area contributed by atoms with E-state index in [2.05, 4.69) is 5.32 Å². The topological polar surface area (TPSA) is 61.8 Å². The first-order valence-electron chi connectivity index (χ1n) is 6.51. The van der Waals surface area contributed by atoms with E-state index in [-0.39, 0.29) is 12.5 Å².